The third-order valence-corrected chi connectivity index (χ3v) is 5.55. The molecule has 9 heteroatoms. The standard InChI is InChI=1S/C18H21N5O2S2/c1-11-5-7-12(8-6-11)19-16-21-22-17(27-16)26-10-14(24)20-15-9-13(23-25-15)18(2,3)4/h5-9H,10H2,1-4H3,(H,19,21)(H,20,24). The van der Waals surface area contributed by atoms with Crippen LogP contribution in [0.15, 0.2) is 39.2 Å². The van der Waals surface area contributed by atoms with E-state index in [4.69, 9.17) is 4.52 Å². The van der Waals surface area contributed by atoms with Crippen LogP contribution in [0.1, 0.15) is 32.0 Å². The van der Waals surface area contributed by atoms with Crippen molar-refractivity contribution in [2.45, 2.75) is 37.4 Å². The Morgan fingerprint density at radius 2 is 1.96 bits per heavy atom. The van der Waals surface area contributed by atoms with Crippen LogP contribution < -0.4 is 10.6 Å². The van der Waals surface area contributed by atoms with Crippen LogP contribution in [-0.2, 0) is 10.2 Å². The third-order valence-electron chi connectivity index (χ3n) is 3.58. The number of nitrogens with one attached hydrogen (secondary N) is 2. The van der Waals surface area contributed by atoms with E-state index >= 15 is 0 Å². The van der Waals surface area contributed by atoms with E-state index in [1.165, 1.54) is 28.7 Å². The van der Waals surface area contributed by atoms with E-state index in [2.05, 4.69) is 26.0 Å². The molecule has 3 aromatic rings. The van der Waals surface area contributed by atoms with Gasteiger partial charge in [0.2, 0.25) is 16.9 Å². The first-order chi connectivity index (χ1) is 12.8. The molecule has 27 heavy (non-hydrogen) atoms. The predicted octanol–water partition coefficient (Wildman–Crippen LogP) is 4.61. The summed E-state index contributed by atoms with van der Waals surface area (Å²) in [6, 6.07) is 9.77. The van der Waals surface area contributed by atoms with Crippen molar-refractivity contribution in [2.75, 3.05) is 16.4 Å². The Morgan fingerprint density at radius 3 is 2.63 bits per heavy atom. The molecular formula is C18H21N5O2S2. The molecule has 2 aromatic heterocycles. The number of hydrogen-bond acceptors (Lipinski definition) is 8. The van der Waals surface area contributed by atoms with Crippen molar-refractivity contribution in [3.05, 3.63) is 41.6 Å². The summed E-state index contributed by atoms with van der Waals surface area (Å²) in [7, 11) is 0. The number of carbonyl (C=O) groups excluding carboxylic acids is 1. The van der Waals surface area contributed by atoms with Gasteiger partial charge in [-0.15, -0.1) is 10.2 Å². The first-order valence-electron chi connectivity index (χ1n) is 8.36. The highest BCUT2D eigenvalue weighted by atomic mass is 32.2. The van der Waals surface area contributed by atoms with Crippen molar-refractivity contribution in [3.63, 3.8) is 0 Å². The lowest BCUT2D eigenvalue weighted by molar-refractivity contribution is -0.113. The second kappa shape index (κ2) is 8.10. The fourth-order valence-electron chi connectivity index (χ4n) is 2.07. The van der Waals surface area contributed by atoms with E-state index < -0.39 is 0 Å². The van der Waals surface area contributed by atoms with Crippen molar-refractivity contribution in [1.29, 1.82) is 0 Å². The van der Waals surface area contributed by atoms with Gasteiger partial charge in [-0.05, 0) is 19.1 Å². The van der Waals surface area contributed by atoms with Gasteiger partial charge in [0.25, 0.3) is 0 Å². The molecule has 0 spiro atoms. The first kappa shape index (κ1) is 19.4. The highest BCUT2D eigenvalue weighted by molar-refractivity contribution is 8.01. The van der Waals surface area contributed by atoms with Crippen LogP contribution in [0, 0.1) is 6.92 Å². The van der Waals surface area contributed by atoms with Crippen molar-refractivity contribution < 1.29 is 9.32 Å². The minimum Gasteiger partial charge on any atom is -0.338 e. The Kier molecular flexibility index (Phi) is 5.81. The average Bonchev–Trinajstić information content (AvgIpc) is 3.24. The highest BCUT2D eigenvalue weighted by Gasteiger charge is 2.19. The molecule has 0 saturated carbocycles. The third kappa shape index (κ3) is 5.54. The summed E-state index contributed by atoms with van der Waals surface area (Å²) in [5, 5.41) is 18.8. The number of rotatable bonds is 6. The van der Waals surface area contributed by atoms with Gasteiger partial charge in [-0.1, -0.05) is 66.7 Å². The summed E-state index contributed by atoms with van der Waals surface area (Å²) in [5.41, 5.74) is 2.81. The van der Waals surface area contributed by atoms with E-state index in [1.807, 2.05) is 52.0 Å². The quantitative estimate of drug-likeness (QED) is 0.581. The largest absolute Gasteiger partial charge is 0.338 e. The van der Waals surface area contributed by atoms with Crippen LogP contribution in [-0.4, -0.2) is 27.0 Å². The molecule has 0 fully saturated rings. The molecule has 0 aliphatic carbocycles. The molecular weight excluding hydrogens is 382 g/mol. The van der Waals surface area contributed by atoms with Gasteiger partial charge in [-0.2, -0.15) is 0 Å². The van der Waals surface area contributed by atoms with Gasteiger partial charge in [-0.3, -0.25) is 10.1 Å². The van der Waals surface area contributed by atoms with Gasteiger partial charge in [0.05, 0.1) is 11.4 Å². The molecule has 0 aliphatic rings. The lowest BCUT2D eigenvalue weighted by Crippen LogP contribution is -2.14. The molecule has 2 heterocycles. The number of nitrogens with zero attached hydrogens (tertiary/aromatic N) is 3. The summed E-state index contributed by atoms with van der Waals surface area (Å²) in [6.45, 7) is 8.13. The van der Waals surface area contributed by atoms with E-state index in [0.29, 0.717) is 15.4 Å². The Balaban J connectivity index is 1.50. The van der Waals surface area contributed by atoms with Crippen molar-refractivity contribution in [2.24, 2.45) is 0 Å². The molecule has 0 atom stereocenters. The zero-order valence-corrected chi connectivity index (χ0v) is 17.2. The second-order valence-electron chi connectivity index (χ2n) is 7.03. The predicted molar refractivity (Wildman–Crippen MR) is 109 cm³/mol. The first-order valence-corrected chi connectivity index (χ1v) is 10.2. The van der Waals surface area contributed by atoms with Crippen LogP contribution in [0.25, 0.3) is 0 Å². The number of thioether (sulfide) groups is 1. The topological polar surface area (TPSA) is 92.9 Å². The van der Waals surface area contributed by atoms with Crippen LogP contribution in [0.5, 0.6) is 0 Å². The van der Waals surface area contributed by atoms with Gasteiger partial charge in [0.1, 0.15) is 0 Å². The maximum atomic E-state index is 12.1. The van der Waals surface area contributed by atoms with Crippen LogP contribution in [0.4, 0.5) is 16.7 Å². The van der Waals surface area contributed by atoms with Crippen LogP contribution in [0.2, 0.25) is 0 Å². The molecule has 1 aromatic carbocycles. The van der Waals surface area contributed by atoms with Gasteiger partial charge < -0.3 is 9.84 Å². The fourth-order valence-corrected chi connectivity index (χ4v) is 3.64. The van der Waals surface area contributed by atoms with Crippen molar-refractivity contribution in [1.82, 2.24) is 15.4 Å². The molecule has 0 saturated heterocycles. The van der Waals surface area contributed by atoms with E-state index in [-0.39, 0.29) is 17.1 Å². The Morgan fingerprint density at radius 1 is 1.22 bits per heavy atom. The molecule has 0 aliphatic heterocycles. The number of anilines is 3. The molecule has 0 radical (unpaired) electrons. The SMILES string of the molecule is Cc1ccc(Nc2nnc(SCC(=O)Nc3cc(C(C)(C)C)no3)s2)cc1. The summed E-state index contributed by atoms with van der Waals surface area (Å²) in [6.07, 6.45) is 0. The molecule has 0 bridgehead atoms. The molecule has 3 rings (SSSR count). The molecule has 2 N–H and O–H groups in total. The number of aryl methyl sites for hydroxylation is 1. The number of benzene rings is 1. The van der Waals surface area contributed by atoms with Crippen LogP contribution in [0.3, 0.4) is 0 Å². The second-order valence-corrected chi connectivity index (χ2v) is 9.23. The summed E-state index contributed by atoms with van der Waals surface area (Å²) in [4.78, 5) is 12.1. The Hall–Kier alpha value is -2.39. The van der Waals surface area contributed by atoms with Crippen LogP contribution >= 0.6 is 23.1 Å². The lowest BCUT2D eigenvalue weighted by atomic mass is 9.92. The summed E-state index contributed by atoms with van der Waals surface area (Å²) in [5.74, 6) is 0.384. The van der Waals surface area contributed by atoms with Crippen molar-refractivity contribution in [3.8, 4) is 0 Å². The van der Waals surface area contributed by atoms with E-state index in [9.17, 15) is 4.79 Å². The number of carbonyl (C=O) groups is 1. The number of aromatic nitrogens is 3. The zero-order valence-electron chi connectivity index (χ0n) is 15.6. The summed E-state index contributed by atoms with van der Waals surface area (Å²) < 4.78 is 5.88. The lowest BCUT2D eigenvalue weighted by Gasteiger charge is -2.12. The van der Waals surface area contributed by atoms with E-state index in [0.717, 1.165) is 11.4 Å². The minimum atomic E-state index is -0.181. The minimum absolute atomic E-state index is 0.130. The molecule has 7 nitrogen and oxygen atoms in total. The summed E-state index contributed by atoms with van der Waals surface area (Å²) >= 11 is 2.73. The molecule has 0 unspecified atom stereocenters. The highest BCUT2D eigenvalue weighted by Crippen LogP contribution is 2.28. The van der Waals surface area contributed by atoms with Gasteiger partial charge in [0, 0.05) is 17.2 Å². The number of hydrogen-bond donors (Lipinski definition) is 2. The Labute approximate surface area is 165 Å². The molecule has 142 valence electrons. The normalized spacial score (nSPS) is 11.4. The monoisotopic (exact) mass is 403 g/mol. The van der Waals surface area contributed by atoms with E-state index in [1.54, 1.807) is 6.07 Å². The Bertz CT molecular complexity index is 912. The average molecular weight is 404 g/mol. The maximum absolute atomic E-state index is 12.1. The van der Waals surface area contributed by atoms with Gasteiger partial charge >= 0.3 is 0 Å². The molecule has 1 amide bonds. The van der Waals surface area contributed by atoms with Gasteiger partial charge in [0.15, 0.2) is 4.34 Å². The maximum Gasteiger partial charge on any atom is 0.237 e. The zero-order chi connectivity index (χ0) is 19.4. The van der Waals surface area contributed by atoms with Gasteiger partial charge in [-0.25, -0.2) is 0 Å². The fraction of sp³-hybridized carbons (Fsp3) is 0.333. The number of amides is 1. The van der Waals surface area contributed by atoms with Crippen molar-refractivity contribution >= 4 is 45.7 Å². The smallest absolute Gasteiger partial charge is 0.237 e.